The number of nitrogens with zero attached hydrogens (tertiary/aromatic N) is 1. The Balaban J connectivity index is 1.90. The number of benzene rings is 2. The zero-order chi connectivity index (χ0) is 17.9. The van der Waals surface area contributed by atoms with E-state index in [1.165, 1.54) is 12.1 Å². The van der Waals surface area contributed by atoms with Crippen molar-refractivity contribution in [1.82, 2.24) is 4.98 Å². The number of pyridine rings is 1. The van der Waals surface area contributed by atoms with Gasteiger partial charge in [-0.2, -0.15) is 0 Å². The molecule has 3 rings (SSSR count). The summed E-state index contributed by atoms with van der Waals surface area (Å²) in [5, 5.41) is 9.35. The van der Waals surface area contributed by atoms with Gasteiger partial charge in [-0.05, 0) is 35.9 Å². The van der Waals surface area contributed by atoms with E-state index in [1.54, 1.807) is 54.7 Å². The maximum atomic E-state index is 12.7. The molecule has 0 unspecified atom stereocenters. The van der Waals surface area contributed by atoms with Gasteiger partial charge in [0.1, 0.15) is 4.90 Å². The molecule has 6 nitrogen and oxygen atoms in total. The second-order valence-corrected chi connectivity index (χ2v) is 6.88. The summed E-state index contributed by atoms with van der Waals surface area (Å²) in [5.41, 5.74) is 1.43. The summed E-state index contributed by atoms with van der Waals surface area (Å²) in [6.45, 7) is 0. The molecular weight excluding hydrogens is 340 g/mol. The molecule has 0 fully saturated rings. The van der Waals surface area contributed by atoms with Crippen molar-refractivity contribution in [2.75, 3.05) is 4.72 Å². The number of rotatable bonds is 5. The minimum atomic E-state index is -3.80. The standard InChI is InChI=1S/C18H14N2O4S/c21-17(22)11-8-13-6-9-15(10-7-13)20-25(23,24)16-5-1-3-14-4-2-12-19-18(14)16/h1-12,20H,(H,21,22)/b11-8+. The van der Waals surface area contributed by atoms with Crippen LogP contribution < -0.4 is 4.72 Å². The molecule has 1 heterocycles. The van der Waals surface area contributed by atoms with E-state index in [1.807, 2.05) is 0 Å². The lowest BCUT2D eigenvalue weighted by molar-refractivity contribution is -0.131. The van der Waals surface area contributed by atoms with E-state index in [-0.39, 0.29) is 4.90 Å². The van der Waals surface area contributed by atoms with Crippen molar-refractivity contribution in [1.29, 1.82) is 0 Å². The van der Waals surface area contributed by atoms with Crippen LogP contribution in [0.4, 0.5) is 5.69 Å². The Morgan fingerprint density at radius 3 is 2.48 bits per heavy atom. The predicted molar refractivity (Wildman–Crippen MR) is 95.7 cm³/mol. The fraction of sp³-hybridized carbons (Fsp3) is 0. The zero-order valence-corrected chi connectivity index (χ0v) is 13.8. The SMILES string of the molecule is O=C(O)/C=C/c1ccc(NS(=O)(=O)c2cccc3cccnc23)cc1. The molecule has 3 aromatic rings. The summed E-state index contributed by atoms with van der Waals surface area (Å²) in [7, 11) is -3.80. The maximum Gasteiger partial charge on any atom is 0.328 e. The van der Waals surface area contributed by atoms with Crippen LogP contribution in [0.5, 0.6) is 0 Å². The maximum absolute atomic E-state index is 12.7. The minimum absolute atomic E-state index is 0.0976. The predicted octanol–water partition coefficient (Wildman–Crippen LogP) is 3.13. The molecule has 0 spiro atoms. The second kappa shape index (κ2) is 6.74. The van der Waals surface area contributed by atoms with Crippen LogP contribution in [0.25, 0.3) is 17.0 Å². The van der Waals surface area contributed by atoms with Crippen molar-refractivity contribution in [2.24, 2.45) is 0 Å². The van der Waals surface area contributed by atoms with Crippen molar-refractivity contribution in [3.63, 3.8) is 0 Å². The molecular formula is C18H14N2O4S. The van der Waals surface area contributed by atoms with E-state index in [2.05, 4.69) is 9.71 Å². The van der Waals surface area contributed by atoms with Crippen molar-refractivity contribution in [3.8, 4) is 0 Å². The Hall–Kier alpha value is -3.19. The average molecular weight is 354 g/mol. The molecule has 2 N–H and O–H groups in total. The summed E-state index contributed by atoms with van der Waals surface area (Å²) in [6.07, 6.45) is 3.99. The average Bonchev–Trinajstić information content (AvgIpc) is 2.60. The molecule has 25 heavy (non-hydrogen) atoms. The summed E-state index contributed by atoms with van der Waals surface area (Å²) in [4.78, 5) is 14.8. The summed E-state index contributed by atoms with van der Waals surface area (Å²) in [6, 6.07) is 14.9. The Kier molecular flexibility index (Phi) is 4.49. The monoisotopic (exact) mass is 354 g/mol. The van der Waals surface area contributed by atoms with Gasteiger partial charge in [0.15, 0.2) is 0 Å². The Morgan fingerprint density at radius 2 is 1.76 bits per heavy atom. The van der Waals surface area contributed by atoms with E-state index in [0.717, 1.165) is 11.5 Å². The Bertz CT molecular complexity index is 1050. The van der Waals surface area contributed by atoms with E-state index in [9.17, 15) is 13.2 Å². The van der Waals surface area contributed by atoms with Crippen LogP contribution in [0.3, 0.4) is 0 Å². The van der Waals surface area contributed by atoms with Crippen molar-refractivity contribution in [3.05, 3.63) is 72.4 Å². The van der Waals surface area contributed by atoms with E-state index >= 15 is 0 Å². The molecule has 1 aromatic heterocycles. The first kappa shape index (κ1) is 16.7. The molecule has 0 aliphatic heterocycles. The lowest BCUT2D eigenvalue weighted by Gasteiger charge is -2.10. The molecule has 0 bridgehead atoms. The first-order chi connectivity index (χ1) is 12.0. The summed E-state index contributed by atoms with van der Waals surface area (Å²) in [5.74, 6) is -1.05. The van der Waals surface area contributed by atoms with Crippen molar-refractivity contribution in [2.45, 2.75) is 4.90 Å². The highest BCUT2D eigenvalue weighted by molar-refractivity contribution is 7.93. The zero-order valence-electron chi connectivity index (χ0n) is 13.0. The molecule has 0 saturated carbocycles. The Morgan fingerprint density at radius 1 is 1.04 bits per heavy atom. The number of carbonyl (C=O) groups is 1. The number of carboxylic acid groups (broad SMARTS) is 1. The third kappa shape index (κ3) is 3.84. The number of hydrogen-bond acceptors (Lipinski definition) is 4. The second-order valence-electron chi connectivity index (χ2n) is 5.23. The molecule has 0 radical (unpaired) electrons. The quantitative estimate of drug-likeness (QED) is 0.686. The number of nitrogens with one attached hydrogen (secondary N) is 1. The van der Waals surface area contributed by atoms with Gasteiger partial charge in [0.25, 0.3) is 10.0 Å². The smallest absolute Gasteiger partial charge is 0.328 e. The summed E-state index contributed by atoms with van der Waals surface area (Å²) >= 11 is 0. The highest BCUT2D eigenvalue weighted by Crippen LogP contribution is 2.23. The van der Waals surface area contributed by atoms with Crippen LogP contribution >= 0.6 is 0 Å². The molecule has 2 aromatic carbocycles. The van der Waals surface area contributed by atoms with Gasteiger partial charge >= 0.3 is 5.97 Å². The number of aromatic nitrogens is 1. The van der Waals surface area contributed by atoms with Gasteiger partial charge in [-0.1, -0.05) is 30.3 Å². The third-order valence-electron chi connectivity index (χ3n) is 3.47. The Labute approximate surface area is 144 Å². The van der Waals surface area contributed by atoms with Crippen LogP contribution in [0.2, 0.25) is 0 Å². The van der Waals surface area contributed by atoms with Gasteiger partial charge in [-0.3, -0.25) is 9.71 Å². The highest BCUT2D eigenvalue weighted by Gasteiger charge is 2.18. The molecule has 0 aliphatic rings. The topological polar surface area (TPSA) is 96.4 Å². The van der Waals surface area contributed by atoms with Gasteiger partial charge in [-0.15, -0.1) is 0 Å². The number of para-hydroxylation sites is 1. The van der Waals surface area contributed by atoms with Crippen LogP contribution in [-0.2, 0) is 14.8 Å². The van der Waals surface area contributed by atoms with Gasteiger partial charge in [0, 0.05) is 23.3 Å². The van der Waals surface area contributed by atoms with E-state index in [0.29, 0.717) is 16.8 Å². The van der Waals surface area contributed by atoms with Crippen LogP contribution in [0, 0.1) is 0 Å². The number of fused-ring (bicyclic) bond motifs is 1. The highest BCUT2D eigenvalue weighted by atomic mass is 32.2. The van der Waals surface area contributed by atoms with Crippen LogP contribution in [0.1, 0.15) is 5.56 Å². The lowest BCUT2D eigenvalue weighted by Crippen LogP contribution is -2.13. The van der Waals surface area contributed by atoms with Crippen molar-refractivity contribution >= 4 is 38.7 Å². The van der Waals surface area contributed by atoms with Crippen LogP contribution in [0.15, 0.2) is 71.8 Å². The number of carboxylic acids is 1. The molecule has 7 heteroatoms. The first-order valence-corrected chi connectivity index (χ1v) is 8.82. The third-order valence-corrected chi connectivity index (χ3v) is 4.88. The first-order valence-electron chi connectivity index (χ1n) is 7.33. The number of aliphatic carboxylic acids is 1. The number of anilines is 1. The van der Waals surface area contributed by atoms with Gasteiger partial charge in [0.2, 0.25) is 0 Å². The normalized spacial score (nSPS) is 11.7. The van der Waals surface area contributed by atoms with Crippen LogP contribution in [-0.4, -0.2) is 24.5 Å². The fourth-order valence-electron chi connectivity index (χ4n) is 2.33. The van der Waals surface area contributed by atoms with Crippen molar-refractivity contribution < 1.29 is 18.3 Å². The minimum Gasteiger partial charge on any atom is -0.478 e. The largest absolute Gasteiger partial charge is 0.478 e. The molecule has 0 saturated heterocycles. The fourth-order valence-corrected chi connectivity index (χ4v) is 3.57. The lowest BCUT2D eigenvalue weighted by atomic mass is 10.2. The van der Waals surface area contributed by atoms with E-state index < -0.39 is 16.0 Å². The molecule has 0 amide bonds. The molecule has 0 aliphatic carbocycles. The molecule has 126 valence electrons. The molecule has 0 atom stereocenters. The van der Waals surface area contributed by atoms with Gasteiger partial charge in [0.05, 0.1) is 5.52 Å². The van der Waals surface area contributed by atoms with Gasteiger partial charge < -0.3 is 5.11 Å². The number of sulfonamides is 1. The van der Waals surface area contributed by atoms with Gasteiger partial charge in [-0.25, -0.2) is 13.2 Å². The summed E-state index contributed by atoms with van der Waals surface area (Å²) < 4.78 is 27.9. The van der Waals surface area contributed by atoms with E-state index in [4.69, 9.17) is 5.11 Å². The number of hydrogen-bond donors (Lipinski definition) is 2.